The highest BCUT2D eigenvalue weighted by Gasteiger charge is 2.18. The van der Waals surface area contributed by atoms with Crippen LogP contribution < -0.4 is 11.1 Å². The molecule has 0 aromatic rings. The summed E-state index contributed by atoms with van der Waals surface area (Å²) in [5, 5.41) is 2.67. The number of hydrogen-bond acceptors (Lipinski definition) is 3. The number of rotatable bonds is 8. The highest BCUT2D eigenvalue weighted by Crippen LogP contribution is 2.15. The van der Waals surface area contributed by atoms with Crippen molar-refractivity contribution < 1.29 is 9.59 Å². The molecule has 0 aromatic heterocycles. The first-order chi connectivity index (χ1) is 8.40. The molecule has 0 radical (unpaired) electrons. The number of amides is 2. The number of carbonyl (C=O) groups excluding carboxylic acids is 2. The lowest BCUT2D eigenvalue weighted by atomic mass is 9.94. The van der Waals surface area contributed by atoms with Crippen LogP contribution in [0.25, 0.3) is 0 Å². The molecule has 0 unspecified atom stereocenters. The zero-order chi connectivity index (χ0) is 14.1. The van der Waals surface area contributed by atoms with Crippen molar-refractivity contribution >= 4 is 11.8 Å². The Morgan fingerprint density at radius 3 is 2.39 bits per heavy atom. The van der Waals surface area contributed by atoms with Crippen LogP contribution in [-0.4, -0.2) is 43.4 Å². The van der Waals surface area contributed by atoms with Gasteiger partial charge in [-0.05, 0) is 31.7 Å². The Morgan fingerprint density at radius 2 is 1.94 bits per heavy atom. The van der Waals surface area contributed by atoms with Crippen LogP contribution in [0.5, 0.6) is 0 Å². The van der Waals surface area contributed by atoms with Gasteiger partial charge in [-0.25, -0.2) is 0 Å². The van der Waals surface area contributed by atoms with E-state index in [1.165, 1.54) is 4.90 Å². The summed E-state index contributed by atoms with van der Waals surface area (Å²) in [4.78, 5) is 24.8. The second kappa shape index (κ2) is 8.91. The Bertz CT molecular complexity index is 267. The lowest BCUT2D eigenvalue weighted by Gasteiger charge is -2.21. The lowest BCUT2D eigenvalue weighted by Crippen LogP contribution is -2.39. The Labute approximate surface area is 110 Å². The molecule has 0 aromatic carbocycles. The standard InChI is InChI=1S/C13H27N3O2/c1-5-15-12(17)9-16(4)13(18)7-11(8-14)6-10(2)3/h10-11H,5-9,14H2,1-4H3,(H,15,17)/t11-/m0/s1. The van der Waals surface area contributed by atoms with Gasteiger partial charge in [-0.15, -0.1) is 0 Å². The number of likely N-dealkylation sites (N-methyl/N-ethyl adjacent to an activating group) is 2. The smallest absolute Gasteiger partial charge is 0.239 e. The summed E-state index contributed by atoms with van der Waals surface area (Å²) in [5.74, 6) is 0.591. The minimum absolute atomic E-state index is 0.0163. The molecule has 0 spiro atoms. The van der Waals surface area contributed by atoms with Crippen molar-refractivity contribution in [3.8, 4) is 0 Å². The molecule has 3 N–H and O–H groups in total. The van der Waals surface area contributed by atoms with E-state index in [1.807, 2.05) is 6.92 Å². The molecular formula is C13H27N3O2. The molecule has 2 amide bonds. The molecule has 0 saturated carbocycles. The molecule has 0 aliphatic heterocycles. The van der Waals surface area contributed by atoms with Gasteiger partial charge in [0.05, 0.1) is 6.54 Å². The fraction of sp³-hybridized carbons (Fsp3) is 0.846. The molecule has 1 atom stereocenters. The van der Waals surface area contributed by atoms with Crippen molar-refractivity contribution in [3.63, 3.8) is 0 Å². The van der Waals surface area contributed by atoms with Crippen LogP contribution in [0.2, 0.25) is 0 Å². The third kappa shape index (κ3) is 7.27. The van der Waals surface area contributed by atoms with Crippen LogP contribution >= 0.6 is 0 Å². The minimum atomic E-state index is -0.124. The zero-order valence-electron chi connectivity index (χ0n) is 12.0. The highest BCUT2D eigenvalue weighted by atomic mass is 16.2. The largest absolute Gasteiger partial charge is 0.355 e. The van der Waals surface area contributed by atoms with Gasteiger partial charge in [0.15, 0.2) is 0 Å². The van der Waals surface area contributed by atoms with Gasteiger partial charge in [0.2, 0.25) is 11.8 Å². The summed E-state index contributed by atoms with van der Waals surface area (Å²) in [6.45, 7) is 7.30. The van der Waals surface area contributed by atoms with Crippen LogP contribution in [0.3, 0.4) is 0 Å². The minimum Gasteiger partial charge on any atom is -0.355 e. The molecule has 0 rings (SSSR count). The van der Waals surface area contributed by atoms with Crippen molar-refractivity contribution in [1.29, 1.82) is 0 Å². The summed E-state index contributed by atoms with van der Waals surface area (Å²) in [5.41, 5.74) is 5.67. The molecular weight excluding hydrogens is 230 g/mol. The number of nitrogens with one attached hydrogen (secondary N) is 1. The molecule has 0 bridgehead atoms. The van der Waals surface area contributed by atoms with E-state index >= 15 is 0 Å². The Kier molecular flexibility index (Phi) is 8.37. The van der Waals surface area contributed by atoms with Crippen molar-refractivity contribution in [2.75, 3.05) is 26.7 Å². The predicted octanol–water partition coefficient (Wildman–Crippen LogP) is 0.592. The van der Waals surface area contributed by atoms with E-state index < -0.39 is 0 Å². The van der Waals surface area contributed by atoms with E-state index in [9.17, 15) is 9.59 Å². The van der Waals surface area contributed by atoms with Gasteiger partial charge in [0.25, 0.3) is 0 Å². The Balaban J connectivity index is 4.16. The monoisotopic (exact) mass is 257 g/mol. The van der Waals surface area contributed by atoms with Crippen molar-refractivity contribution in [2.45, 2.75) is 33.6 Å². The third-order valence-corrected chi connectivity index (χ3v) is 2.78. The van der Waals surface area contributed by atoms with Crippen LogP contribution in [0.1, 0.15) is 33.6 Å². The maximum atomic E-state index is 11.9. The van der Waals surface area contributed by atoms with Gasteiger partial charge >= 0.3 is 0 Å². The molecule has 0 saturated heterocycles. The summed E-state index contributed by atoms with van der Waals surface area (Å²) in [6, 6.07) is 0. The van der Waals surface area contributed by atoms with E-state index in [2.05, 4.69) is 19.2 Å². The number of nitrogens with zero attached hydrogens (tertiary/aromatic N) is 1. The molecule has 5 nitrogen and oxygen atoms in total. The summed E-state index contributed by atoms with van der Waals surface area (Å²) < 4.78 is 0. The van der Waals surface area contributed by atoms with Crippen LogP contribution in [-0.2, 0) is 9.59 Å². The molecule has 106 valence electrons. The van der Waals surface area contributed by atoms with Gasteiger partial charge in [0.1, 0.15) is 0 Å². The SMILES string of the molecule is CCNC(=O)CN(C)C(=O)C[C@@H](CN)CC(C)C. The summed E-state index contributed by atoms with van der Waals surface area (Å²) in [7, 11) is 1.65. The van der Waals surface area contributed by atoms with Gasteiger partial charge in [-0.3, -0.25) is 9.59 Å². The topological polar surface area (TPSA) is 75.4 Å². The average molecular weight is 257 g/mol. The quantitative estimate of drug-likeness (QED) is 0.668. The molecule has 18 heavy (non-hydrogen) atoms. The van der Waals surface area contributed by atoms with Gasteiger partial charge < -0.3 is 16.0 Å². The van der Waals surface area contributed by atoms with Crippen molar-refractivity contribution in [2.24, 2.45) is 17.6 Å². The van der Waals surface area contributed by atoms with E-state index in [1.54, 1.807) is 7.05 Å². The predicted molar refractivity (Wildman–Crippen MR) is 72.9 cm³/mol. The van der Waals surface area contributed by atoms with Crippen molar-refractivity contribution in [3.05, 3.63) is 0 Å². The maximum Gasteiger partial charge on any atom is 0.239 e. The van der Waals surface area contributed by atoms with Gasteiger partial charge in [-0.2, -0.15) is 0 Å². The fourth-order valence-corrected chi connectivity index (χ4v) is 1.89. The van der Waals surface area contributed by atoms with Crippen molar-refractivity contribution in [1.82, 2.24) is 10.2 Å². The van der Waals surface area contributed by atoms with Crippen LogP contribution in [0.4, 0.5) is 0 Å². The van der Waals surface area contributed by atoms with Gasteiger partial charge in [0, 0.05) is 20.0 Å². The Hall–Kier alpha value is -1.10. The second-order valence-corrected chi connectivity index (χ2v) is 5.14. The first-order valence-corrected chi connectivity index (χ1v) is 6.61. The van der Waals surface area contributed by atoms with E-state index in [-0.39, 0.29) is 24.3 Å². The number of carbonyl (C=O) groups is 2. The summed E-state index contributed by atoms with van der Waals surface area (Å²) in [6.07, 6.45) is 1.36. The van der Waals surface area contributed by atoms with E-state index in [4.69, 9.17) is 5.73 Å². The first kappa shape index (κ1) is 16.9. The lowest BCUT2D eigenvalue weighted by molar-refractivity contribution is -0.135. The summed E-state index contributed by atoms with van der Waals surface area (Å²) >= 11 is 0. The molecule has 5 heteroatoms. The second-order valence-electron chi connectivity index (χ2n) is 5.14. The Morgan fingerprint density at radius 1 is 1.33 bits per heavy atom. The fourth-order valence-electron chi connectivity index (χ4n) is 1.89. The van der Waals surface area contributed by atoms with Crippen LogP contribution in [0, 0.1) is 11.8 Å². The number of hydrogen-bond donors (Lipinski definition) is 2. The zero-order valence-corrected chi connectivity index (χ0v) is 12.0. The van der Waals surface area contributed by atoms with Gasteiger partial charge in [-0.1, -0.05) is 13.8 Å². The van der Waals surface area contributed by atoms with E-state index in [0.29, 0.717) is 25.4 Å². The molecule has 0 aliphatic rings. The average Bonchev–Trinajstić information content (AvgIpc) is 2.27. The molecule has 0 aliphatic carbocycles. The third-order valence-electron chi connectivity index (χ3n) is 2.78. The highest BCUT2D eigenvalue weighted by molar-refractivity contribution is 5.84. The first-order valence-electron chi connectivity index (χ1n) is 6.61. The number of nitrogens with two attached hydrogens (primary N) is 1. The normalized spacial score (nSPS) is 12.3. The van der Waals surface area contributed by atoms with Crippen LogP contribution in [0.15, 0.2) is 0 Å². The molecule has 0 fully saturated rings. The maximum absolute atomic E-state index is 11.9. The van der Waals surface area contributed by atoms with E-state index in [0.717, 1.165) is 6.42 Å². The molecule has 0 heterocycles.